The molecule has 0 aliphatic carbocycles. The van der Waals surface area contributed by atoms with Crippen molar-refractivity contribution in [2.24, 2.45) is 0 Å². The van der Waals surface area contributed by atoms with Crippen LogP contribution in [0.3, 0.4) is 0 Å². The van der Waals surface area contributed by atoms with E-state index in [1.165, 1.54) is 0 Å². The topological polar surface area (TPSA) is 68.2 Å². The zero-order valence-electron chi connectivity index (χ0n) is 20.4. The van der Waals surface area contributed by atoms with Crippen LogP contribution in [0.15, 0.2) is 60.8 Å². The van der Waals surface area contributed by atoms with Crippen molar-refractivity contribution in [1.82, 2.24) is 15.1 Å². The third kappa shape index (κ3) is 5.45. The number of benzene rings is 2. The van der Waals surface area contributed by atoms with E-state index in [-0.39, 0.29) is 35.6 Å². The fourth-order valence-corrected chi connectivity index (χ4v) is 4.45. The normalized spacial score (nSPS) is 20.5. The van der Waals surface area contributed by atoms with Crippen LogP contribution in [0.4, 0.5) is 5.69 Å². The molecule has 2 N–H and O–H groups in total. The summed E-state index contributed by atoms with van der Waals surface area (Å²) in [7, 11) is 0. The quantitative estimate of drug-likeness (QED) is 0.460. The number of carbonyl (C=O) groups excluding carboxylic acids is 1. The number of rotatable bonds is 6. The van der Waals surface area contributed by atoms with Gasteiger partial charge in [0.2, 0.25) is 5.91 Å². The summed E-state index contributed by atoms with van der Waals surface area (Å²) in [6.45, 7) is 10.3. The highest BCUT2D eigenvalue weighted by Crippen LogP contribution is 2.40. The zero-order chi connectivity index (χ0) is 24.5. The number of amides is 1. The highest BCUT2D eigenvalue weighted by molar-refractivity contribution is 6.30. The largest absolute Gasteiger partial charge is 0.489 e. The summed E-state index contributed by atoms with van der Waals surface area (Å²) in [5, 5.41) is 12.2. The van der Waals surface area contributed by atoms with Crippen LogP contribution in [0.25, 0.3) is 0 Å². The molecule has 1 fully saturated rings. The Balaban J connectivity index is 1.59. The van der Waals surface area contributed by atoms with E-state index in [0.29, 0.717) is 22.9 Å². The van der Waals surface area contributed by atoms with E-state index in [1.807, 2.05) is 73.3 Å². The molecule has 6 nitrogen and oxygen atoms in total. The van der Waals surface area contributed by atoms with Gasteiger partial charge in [-0.15, -0.1) is 0 Å². The second kappa shape index (κ2) is 9.80. The lowest BCUT2D eigenvalue weighted by Gasteiger charge is -2.21. The summed E-state index contributed by atoms with van der Waals surface area (Å²) >= 11 is 6.13. The Morgan fingerprint density at radius 2 is 1.85 bits per heavy atom. The Morgan fingerprint density at radius 3 is 2.50 bits per heavy atom. The number of aromatic nitrogens is 2. The molecule has 3 atom stereocenters. The Morgan fingerprint density at radius 1 is 1.15 bits per heavy atom. The molecule has 0 unspecified atom stereocenters. The van der Waals surface area contributed by atoms with Crippen molar-refractivity contribution in [2.45, 2.75) is 70.7 Å². The van der Waals surface area contributed by atoms with Crippen LogP contribution in [-0.2, 0) is 10.3 Å². The summed E-state index contributed by atoms with van der Waals surface area (Å²) in [4.78, 5) is 13.3. The molecule has 1 amide bonds. The molecule has 4 rings (SSSR count). The molecule has 1 aliphatic rings. The van der Waals surface area contributed by atoms with Gasteiger partial charge in [-0.2, -0.15) is 5.10 Å². The molecule has 2 aromatic carbocycles. The minimum atomic E-state index is -0.377. The van der Waals surface area contributed by atoms with Gasteiger partial charge in [-0.25, -0.2) is 0 Å². The van der Waals surface area contributed by atoms with Crippen molar-refractivity contribution >= 4 is 23.2 Å². The minimum Gasteiger partial charge on any atom is -0.489 e. The first kappa shape index (κ1) is 24.3. The highest BCUT2D eigenvalue weighted by Gasteiger charge is 2.40. The monoisotopic (exact) mass is 480 g/mol. The maximum absolute atomic E-state index is 13.3. The van der Waals surface area contributed by atoms with Crippen LogP contribution < -0.4 is 15.4 Å². The fraction of sp³-hybridized carbons (Fsp3) is 0.407. The minimum absolute atomic E-state index is 0.0132. The van der Waals surface area contributed by atoms with E-state index in [2.05, 4.69) is 37.5 Å². The van der Waals surface area contributed by atoms with Crippen LogP contribution in [0.2, 0.25) is 5.02 Å². The van der Waals surface area contributed by atoms with Gasteiger partial charge in [-0.3, -0.25) is 14.8 Å². The number of hydrogen-bond donors (Lipinski definition) is 2. The first-order valence-electron chi connectivity index (χ1n) is 11.8. The Kier molecular flexibility index (Phi) is 7.01. The fourth-order valence-electron chi connectivity index (χ4n) is 4.32. The second-order valence-corrected chi connectivity index (χ2v) is 10.5. The van der Waals surface area contributed by atoms with Crippen molar-refractivity contribution in [3.8, 4) is 5.75 Å². The molecule has 3 aromatic rings. The molecule has 0 spiro atoms. The lowest BCUT2D eigenvalue weighted by atomic mass is 9.90. The van der Waals surface area contributed by atoms with Gasteiger partial charge < -0.3 is 10.1 Å². The lowest BCUT2D eigenvalue weighted by molar-refractivity contribution is -0.117. The smallest absolute Gasteiger partial charge is 0.241 e. The van der Waals surface area contributed by atoms with Crippen molar-refractivity contribution < 1.29 is 9.53 Å². The van der Waals surface area contributed by atoms with Gasteiger partial charge in [0.15, 0.2) is 0 Å². The van der Waals surface area contributed by atoms with E-state index < -0.39 is 0 Å². The number of carbonyl (C=O) groups is 1. The third-order valence-corrected chi connectivity index (χ3v) is 6.25. The first-order valence-corrected chi connectivity index (χ1v) is 12.1. The van der Waals surface area contributed by atoms with Crippen molar-refractivity contribution in [3.63, 3.8) is 0 Å². The van der Waals surface area contributed by atoms with Crippen molar-refractivity contribution in [1.29, 1.82) is 0 Å². The summed E-state index contributed by atoms with van der Waals surface area (Å²) in [5.41, 5.74) is 2.61. The molecule has 0 saturated carbocycles. The Labute approximate surface area is 206 Å². The Hall–Kier alpha value is -2.83. The first-order chi connectivity index (χ1) is 16.1. The van der Waals surface area contributed by atoms with E-state index in [0.717, 1.165) is 11.3 Å². The van der Waals surface area contributed by atoms with Crippen LogP contribution in [-0.4, -0.2) is 27.8 Å². The summed E-state index contributed by atoms with van der Waals surface area (Å²) in [6, 6.07) is 17.0. The molecule has 0 radical (unpaired) electrons. The predicted octanol–water partition coefficient (Wildman–Crippen LogP) is 5.90. The molecule has 1 saturated heterocycles. The van der Waals surface area contributed by atoms with Crippen molar-refractivity contribution in [3.05, 3.63) is 77.1 Å². The van der Waals surface area contributed by atoms with Crippen LogP contribution in [0, 0.1) is 0 Å². The van der Waals surface area contributed by atoms with Gasteiger partial charge in [0.05, 0.1) is 29.1 Å². The molecule has 1 aliphatic heterocycles. The van der Waals surface area contributed by atoms with E-state index in [1.54, 1.807) is 0 Å². The van der Waals surface area contributed by atoms with Gasteiger partial charge in [0.1, 0.15) is 5.75 Å². The van der Waals surface area contributed by atoms with Crippen LogP contribution in [0.1, 0.15) is 64.3 Å². The van der Waals surface area contributed by atoms with Gasteiger partial charge in [-0.1, -0.05) is 35.9 Å². The molecule has 2 heterocycles. The third-order valence-electron chi connectivity index (χ3n) is 6.00. The predicted molar refractivity (Wildman–Crippen MR) is 137 cm³/mol. The van der Waals surface area contributed by atoms with Gasteiger partial charge in [-0.05, 0) is 76.9 Å². The average Bonchev–Trinajstić information content (AvgIpc) is 3.43. The molecule has 7 heteroatoms. The van der Waals surface area contributed by atoms with Crippen molar-refractivity contribution in [2.75, 3.05) is 5.32 Å². The standard InChI is InChI=1S/C27H33ClN4O2/c1-17(2)34-24-9-7-6-8-22(24)30-26(33)23-16-20(21-14-15-32(31-21)27(3,4)5)25(29-23)18-10-12-19(28)13-11-18/h6-15,17,20,23,25,29H,16H2,1-5H3,(H,30,33)/t20-,23+,25+/m1/s1. The zero-order valence-corrected chi connectivity index (χ0v) is 21.1. The lowest BCUT2D eigenvalue weighted by Crippen LogP contribution is -2.36. The second-order valence-electron chi connectivity index (χ2n) is 10.1. The SMILES string of the molecule is CC(C)Oc1ccccc1NC(=O)[C@@H]1C[C@H](c2ccn(C(C)(C)C)n2)[C@H](c2ccc(Cl)cc2)N1. The number of nitrogens with zero attached hydrogens (tertiary/aromatic N) is 2. The molecule has 180 valence electrons. The summed E-state index contributed by atoms with van der Waals surface area (Å²) < 4.78 is 7.86. The number of para-hydroxylation sites is 2. The summed E-state index contributed by atoms with van der Waals surface area (Å²) in [5.74, 6) is 0.623. The molecular formula is C27H33ClN4O2. The average molecular weight is 481 g/mol. The summed E-state index contributed by atoms with van der Waals surface area (Å²) in [6.07, 6.45) is 2.66. The number of anilines is 1. The Bertz CT molecular complexity index is 1130. The van der Waals surface area contributed by atoms with Gasteiger partial charge in [0, 0.05) is 23.2 Å². The molecule has 0 bridgehead atoms. The number of ether oxygens (including phenoxy) is 1. The highest BCUT2D eigenvalue weighted by atomic mass is 35.5. The van der Waals surface area contributed by atoms with E-state index in [4.69, 9.17) is 21.4 Å². The number of hydrogen-bond acceptors (Lipinski definition) is 4. The number of halogens is 1. The van der Waals surface area contributed by atoms with E-state index >= 15 is 0 Å². The van der Waals surface area contributed by atoms with Crippen LogP contribution in [0.5, 0.6) is 5.75 Å². The van der Waals surface area contributed by atoms with Crippen LogP contribution >= 0.6 is 11.6 Å². The molecule has 34 heavy (non-hydrogen) atoms. The van der Waals surface area contributed by atoms with E-state index in [9.17, 15) is 4.79 Å². The molecule has 1 aromatic heterocycles. The maximum atomic E-state index is 13.3. The van der Waals surface area contributed by atoms with Gasteiger partial charge in [0.25, 0.3) is 0 Å². The molecular weight excluding hydrogens is 448 g/mol. The van der Waals surface area contributed by atoms with Gasteiger partial charge >= 0.3 is 0 Å². The number of nitrogens with one attached hydrogen (secondary N) is 2. The maximum Gasteiger partial charge on any atom is 0.241 e.